The highest BCUT2D eigenvalue weighted by atomic mass is 32.1. The van der Waals surface area contributed by atoms with Crippen LogP contribution in [-0.4, -0.2) is 15.9 Å². The lowest BCUT2D eigenvalue weighted by Crippen LogP contribution is -2.38. The van der Waals surface area contributed by atoms with Crippen LogP contribution in [-0.2, 0) is 6.54 Å². The van der Waals surface area contributed by atoms with Gasteiger partial charge in [-0.25, -0.2) is 0 Å². The first-order valence-electron chi connectivity index (χ1n) is 5.92. The van der Waals surface area contributed by atoms with E-state index in [1.165, 1.54) is 24.3 Å². The van der Waals surface area contributed by atoms with Gasteiger partial charge in [-0.2, -0.15) is 0 Å². The van der Waals surface area contributed by atoms with Gasteiger partial charge < -0.3 is 5.32 Å². The Morgan fingerprint density at radius 3 is 2.81 bits per heavy atom. The number of nitro benzene ring substituents is 1. The lowest BCUT2D eigenvalue weighted by Gasteiger charge is -2.08. The Morgan fingerprint density at radius 1 is 1.33 bits per heavy atom. The molecule has 0 aliphatic heterocycles. The predicted octanol–water partition coefficient (Wildman–Crippen LogP) is 2.46. The van der Waals surface area contributed by atoms with Crippen molar-refractivity contribution in [2.75, 3.05) is 0 Å². The van der Waals surface area contributed by atoms with Crippen molar-refractivity contribution in [2.45, 2.75) is 6.54 Å². The molecule has 8 heteroatoms. The summed E-state index contributed by atoms with van der Waals surface area (Å²) in [6.45, 7) is 0.520. The monoisotopic (exact) mass is 321 g/mol. The summed E-state index contributed by atoms with van der Waals surface area (Å²) in [5.74, 6) is -0.484. The normalized spacial score (nSPS) is 9.90. The Labute approximate surface area is 129 Å². The van der Waals surface area contributed by atoms with Crippen LogP contribution < -0.4 is 10.6 Å². The summed E-state index contributed by atoms with van der Waals surface area (Å²) in [6.07, 6.45) is 0. The molecule has 0 saturated heterocycles. The number of thiocarbonyl (C=S) groups is 1. The first-order valence-corrected chi connectivity index (χ1v) is 7.21. The molecule has 2 N–H and O–H groups in total. The van der Waals surface area contributed by atoms with Crippen molar-refractivity contribution in [1.29, 1.82) is 0 Å². The third-order valence-electron chi connectivity index (χ3n) is 2.55. The Morgan fingerprint density at radius 2 is 2.14 bits per heavy atom. The average molecular weight is 321 g/mol. The van der Waals surface area contributed by atoms with Crippen LogP contribution in [0, 0.1) is 10.1 Å². The maximum absolute atomic E-state index is 11.9. The molecule has 1 aromatic heterocycles. The molecule has 0 fully saturated rings. The van der Waals surface area contributed by atoms with E-state index >= 15 is 0 Å². The molecule has 2 aromatic rings. The fraction of sp³-hybridized carbons (Fsp3) is 0.0769. The SMILES string of the molecule is O=C(NC(=S)NCc1cccs1)c1cccc([N+](=O)[O-])c1. The first kappa shape index (κ1) is 15.1. The number of amides is 1. The largest absolute Gasteiger partial charge is 0.357 e. The Balaban J connectivity index is 1.93. The molecule has 2 rings (SSSR count). The highest BCUT2D eigenvalue weighted by molar-refractivity contribution is 7.80. The first-order chi connectivity index (χ1) is 10.1. The fourth-order valence-corrected chi connectivity index (χ4v) is 2.37. The molecular weight excluding hydrogens is 310 g/mol. The van der Waals surface area contributed by atoms with Crippen molar-refractivity contribution >= 4 is 40.3 Å². The van der Waals surface area contributed by atoms with Crippen molar-refractivity contribution < 1.29 is 9.72 Å². The summed E-state index contributed by atoms with van der Waals surface area (Å²) in [5.41, 5.74) is 0.0459. The van der Waals surface area contributed by atoms with E-state index in [0.717, 1.165) is 4.88 Å². The Hall–Kier alpha value is -2.32. The van der Waals surface area contributed by atoms with E-state index in [1.54, 1.807) is 11.3 Å². The Kier molecular flexibility index (Phi) is 4.96. The second-order valence-corrected chi connectivity index (χ2v) is 5.46. The molecule has 1 aromatic carbocycles. The van der Waals surface area contributed by atoms with Crippen molar-refractivity contribution in [3.05, 3.63) is 62.3 Å². The van der Waals surface area contributed by atoms with E-state index in [0.29, 0.717) is 6.54 Å². The number of thiophene rings is 1. The van der Waals surface area contributed by atoms with Gasteiger partial charge in [0.25, 0.3) is 11.6 Å². The number of hydrogen-bond acceptors (Lipinski definition) is 5. The third-order valence-corrected chi connectivity index (χ3v) is 3.67. The summed E-state index contributed by atoms with van der Waals surface area (Å²) in [7, 11) is 0. The molecule has 1 heterocycles. The number of rotatable bonds is 4. The van der Waals surface area contributed by atoms with E-state index in [-0.39, 0.29) is 16.4 Å². The number of nitrogens with zero attached hydrogens (tertiary/aromatic N) is 1. The number of hydrogen-bond donors (Lipinski definition) is 2. The molecule has 0 unspecified atom stereocenters. The molecule has 0 bridgehead atoms. The van der Waals surface area contributed by atoms with E-state index in [4.69, 9.17) is 12.2 Å². The predicted molar refractivity (Wildman–Crippen MR) is 84.3 cm³/mol. The summed E-state index contributed by atoms with van der Waals surface area (Å²) < 4.78 is 0. The van der Waals surface area contributed by atoms with E-state index in [2.05, 4.69) is 10.6 Å². The van der Waals surface area contributed by atoms with Gasteiger partial charge in [0.15, 0.2) is 5.11 Å². The molecule has 0 saturated carbocycles. The summed E-state index contributed by atoms with van der Waals surface area (Å²) >= 11 is 6.59. The third kappa shape index (κ3) is 4.33. The number of carbonyl (C=O) groups excluding carboxylic acids is 1. The van der Waals surface area contributed by atoms with Crippen molar-refractivity contribution in [3.8, 4) is 0 Å². The number of non-ortho nitro benzene ring substituents is 1. The minimum atomic E-state index is -0.551. The van der Waals surface area contributed by atoms with Crippen LogP contribution in [0.25, 0.3) is 0 Å². The minimum absolute atomic E-state index is 0.139. The van der Waals surface area contributed by atoms with E-state index in [1.807, 2.05) is 17.5 Å². The topological polar surface area (TPSA) is 84.3 Å². The zero-order chi connectivity index (χ0) is 15.2. The highest BCUT2D eigenvalue weighted by Gasteiger charge is 2.12. The average Bonchev–Trinajstić information content (AvgIpc) is 2.98. The van der Waals surface area contributed by atoms with Crippen molar-refractivity contribution in [3.63, 3.8) is 0 Å². The molecule has 0 atom stereocenters. The second-order valence-electron chi connectivity index (χ2n) is 4.02. The molecule has 108 valence electrons. The number of carbonyl (C=O) groups is 1. The van der Waals surface area contributed by atoms with E-state index < -0.39 is 10.8 Å². The molecule has 1 amide bonds. The van der Waals surface area contributed by atoms with Gasteiger partial charge in [-0.05, 0) is 29.7 Å². The van der Waals surface area contributed by atoms with Gasteiger partial charge in [-0.15, -0.1) is 11.3 Å². The maximum Gasteiger partial charge on any atom is 0.270 e. The second kappa shape index (κ2) is 6.91. The van der Waals surface area contributed by atoms with Gasteiger partial charge in [0.2, 0.25) is 0 Å². The van der Waals surface area contributed by atoms with Gasteiger partial charge in [0, 0.05) is 22.6 Å². The number of benzene rings is 1. The van der Waals surface area contributed by atoms with Crippen LogP contribution in [0.5, 0.6) is 0 Å². The minimum Gasteiger partial charge on any atom is -0.357 e. The van der Waals surface area contributed by atoms with Crippen LogP contribution in [0.15, 0.2) is 41.8 Å². The van der Waals surface area contributed by atoms with Gasteiger partial charge in [0.05, 0.1) is 11.5 Å². The van der Waals surface area contributed by atoms with Crippen molar-refractivity contribution in [2.24, 2.45) is 0 Å². The lowest BCUT2D eigenvalue weighted by molar-refractivity contribution is -0.384. The molecule has 0 spiro atoms. The zero-order valence-corrected chi connectivity index (χ0v) is 12.4. The molecule has 0 aliphatic carbocycles. The van der Waals surface area contributed by atoms with Crippen molar-refractivity contribution in [1.82, 2.24) is 10.6 Å². The quantitative estimate of drug-likeness (QED) is 0.513. The molecule has 21 heavy (non-hydrogen) atoms. The summed E-state index contributed by atoms with van der Waals surface area (Å²) in [5, 5.41) is 18.2. The highest BCUT2D eigenvalue weighted by Crippen LogP contribution is 2.13. The number of nitro groups is 1. The zero-order valence-electron chi connectivity index (χ0n) is 10.7. The lowest BCUT2D eigenvalue weighted by atomic mass is 10.2. The maximum atomic E-state index is 11.9. The van der Waals surface area contributed by atoms with Gasteiger partial charge in [0.1, 0.15) is 0 Å². The summed E-state index contributed by atoms with van der Waals surface area (Å²) in [6, 6.07) is 9.34. The molecule has 0 radical (unpaired) electrons. The Bertz CT molecular complexity index is 671. The summed E-state index contributed by atoms with van der Waals surface area (Å²) in [4.78, 5) is 23.1. The smallest absolute Gasteiger partial charge is 0.270 e. The number of nitrogens with one attached hydrogen (secondary N) is 2. The fourth-order valence-electron chi connectivity index (χ4n) is 1.56. The van der Waals surface area contributed by atoms with Crippen LogP contribution in [0.3, 0.4) is 0 Å². The molecule has 6 nitrogen and oxygen atoms in total. The van der Waals surface area contributed by atoms with Crippen LogP contribution in [0.4, 0.5) is 5.69 Å². The van der Waals surface area contributed by atoms with Gasteiger partial charge in [-0.3, -0.25) is 20.2 Å². The standard InChI is InChI=1S/C13H11N3O3S2/c17-12(9-3-1-4-10(7-9)16(18)19)15-13(20)14-8-11-5-2-6-21-11/h1-7H,8H2,(H2,14,15,17,20). The van der Waals surface area contributed by atoms with Crippen LogP contribution in [0.2, 0.25) is 0 Å². The van der Waals surface area contributed by atoms with Crippen LogP contribution in [0.1, 0.15) is 15.2 Å². The van der Waals surface area contributed by atoms with E-state index in [9.17, 15) is 14.9 Å². The molecule has 0 aliphatic rings. The van der Waals surface area contributed by atoms with Gasteiger partial charge >= 0.3 is 0 Å². The van der Waals surface area contributed by atoms with Crippen LogP contribution >= 0.6 is 23.6 Å². The van der Waals surface area contributed by atoms with Gasteiger partial charge in [-0.1, -0.05) is 12.1 Å². The molecular formula is C13H11N3O3S2.